The van der Waals surface area contributed by atoms with Gasteiger partial charge in [-0.2, -0.15) is 0 Å². The molecule has 0 amide bonds. The van der Waals surface area contributed by atoms with Gasteiger partial charge in [-0.05, 0) is 19.4 Å². The van der Waals surface area contributed by atoms with E-state index in [9.17, 15) is 4.79 Å². The highest BCUT2D eigenvalue weighted by Gasteiger charge is 2.13. The number of nitrogen functional groups attached to an aromatic ring is 1. The van der Waals surface area contributed by atoms with Crippen molar-refractivity contribution in [3.05, 3.63) is 53.0 Å². The first-order valence-electron chi connectivity index (χ1n) is 6.44. The number of carbonyl (C=O) groups is 1. The molecule has 2 rings (SSSR count). The molecule has 104 valence electrons. The fourth-order valence-corrected chi connectivity index (χ4v) is 1.89. The SMILES string of the molecule is CCOC(=O)c1cnc(Cc2cccc(C)c2)nc1N. The summed E-state index contributed by atoms with van der Waals surface area (Å²) in [6.45, 7) is 4.06. The lowest BCUT2D eigenvalue weighted by molar-refractivity contribution is 0.0526. The number of nitrogens with two attached hydrogens (primary N) is 1. The number of nitrogens with zero attached hydrogens (tertiary/aromatic N) is 2. The maximum absolute atomic E-state index is 11.6. The molecule has 0 saturated heterocycles. The molecule has 1 aromatic carbocycles. The van der Waals surface area contributed by atoms with Gasteiger partial charge in [0.25, 0.3) is 0 Å². The summed E-state index contributed by atoms with van der Waals surface area (Å²) < 4.78 is 4.88. The lowest BCUT2D eigenvalue weighted by Gasteiger charge is -2.06. The van der Waals surface area contributed by atoms with Crippen LogP contribution in [0.15, 0.2) is 30.5 Å². The van der Waals surface area contributed by atoms with Crippen molar-refractivity contribution in [2.45, 2.75) is 20.3 Å². The average molecular weight is 271 g/mol. The Hall–Kier alpha value is -2.43. The van der Waals surface area contributed by atoms with E-state index in [-0.39, 0.29) is 11.4 Å². The second-order valence-corrected chi connectivity index (χ2v) is 4.47. The van der Waals surface area contributed by atoms with E-state index in [1.165, 1.54) is 11.8 Å². The topological polar surface area (TPSA) is 78.1 Å². The normalized spacial score (nSPS) is 10.3. The highest BCUT2D eigenvalue weighted by atomic mass is 16.5. The van der Waals surface area contributed by atoms with E-state index >= 15 is 0 Å². The van der Waals surface area contributed by atoms with Crippen molar-refractivity contribution < 1.29 is 9.53 Å². The predicted molar refractivity (Wildman–Crippen MR) is 76.4 cm³/mol. The first-order chi connectivity index (χ1) is 9.60. The number of esters is 1. The Morgan fingerprint density at radius 1 is 1.40 bits per heavy atom. The maximum atomic E-state index is 11.6. The molecule has 0 bridgehead atoms. The lowest BCUT2D eigenvalue weighted by Crippen LogP contribution is -2.12. The molecule has 0 radical (unpaired) electrons. The molecule has 5 nitrogen and oxygen atoms in total. The van der Waals surface area contributed by atoms with E-state index in [4.69, 9.17) is 10.5 Å². The summed E-state index contributed by atoms with van der Waals surface area (Å²) in [6.07, 6.45) is 2.00. The van der Waals surface area contributed by atoms with Crippen LogP contribution in [-0.2, 0) is 11.2 Å². The highest BCUT2D eigenvalue weighted by molar-refractivity contribution is 5.93. The van der Waals surface area contributed by atoms with Crippen LogP contribution in [0, 0.1) is 6.92 Å². The Balaban J connectivity index is 2.19. The zero-order valence-corrected chi connectivity index (χ0v) is 11.6. The van der Waals surface area contributed by atoms with Gasteiger partial charge in [-0.25, -0.2) is 14.8 Å². The number of aryl methyl sites for hydroxylation is 1. The monoisotopic (exact) mass is 271 g/mol. The van der Waals surface area contributed by atoms with E-state index in [0.29, 0.717) is 18.9 Å². The van der Waals surface area contributed by atoms with E-state index in [1.54, 1.807) is 6.92 Å². The summed E-state index contributed by atoms with van der Waals surface area (Å²) in [5, 5.41) is 0. The molecule has 0 aliphatic carbocycles. The van der Waals surface area contributed by atoms with Crippen molar-refractivity contribution in [2.75, 3.05) is 12.3 Å². The molecule has 1 aromatic heterocycles. The van der Waals surface area contributed by atoms with E-state index in [2.05, 4.69) is 16.0 Å². The summed E-state index contributed by atoms with van der Waals surface area (Å²) in [5.74, 6) is 0.245. The standard InChI is InChI=1S/C15H17N3O2/c1-3-20-15(19)12-9-17-13(18-14(12)16)8-11-6-4-5-10(2)7-11/h4-7,9H,3,8H2,1-2H3,(H2,16,17,18). The highest BCUT2D eigenvalue weighted by Crippen LogP contribution is 2.13. The minimum absolute atomic E-state index is 0.154. The molecule has 20 heavy (non-hydrogen) atoms. The minimum atomic E-state index is -0.493. The number of hydrogen-bond donors (Lipinski definition) is 1. The second kappa shape index (κ2) is 6.14. The number of aromatic nitrogens is 2. The quantitative estimate of drug-likeness (QED) is 0.862. The number of rotatable bonds is 4. The van der Waals surface area contributed by atoms with Crippen molar-refractivity contribution in [2.24, 2.45) is 0 Å². The number of benzene rings is 1. The van der Waals surface area contributed by atoms with Crippen LogP contribution in [0.1, 0.15) is 34.2 Å². The van der Waals surface area contributed by atoms with Crippen LogP contribution in [0.2, 0.25) is 0 Å². The van der Waals surface area contributed by atoms with E-state index < -0.39 is 5.97 Å². The van der Waals surface area contributed by atoms with Gasteiger partial charge in [0.05, 0.1) is 6.61 Å². The second-order valence-electron chi connectivity index (χ2n) is 4.47. The zero-order chi connectivity index (χ0) is 14.5. The van der Waals surface area contributed by atoms with Crippen LogP contribution in [0.3, 0.4) is 0 Å². The van der Waals surface area contributed by atoms with Gasteiger partial charge in [0.15, 0.2) is 0 Å². The van der Waals surface area contributed by atoms with Crippen LogP contribution in [0.25, 0.3) is 0 Å². The largest absolute Gasteiger partial charge is 0.462 e. The van der Waals surface area contributed by atoms with Gasteiger partial charge in [-0.1, -0.05) is 29.8 Å². The molecule has 0 aliphatic rings. The maximum Gasteiger partial charge on any atom is 0.343 e. The summed E-state index contributed by atoms with van der Waals surface area (Å²) in [4.78, 5) is 19.9. The average Bonchev–Trinajstić information content (AvgIpc) is 2.39. The van der Waals surface area contributed by atoms with Crippen LogP contribution < -0.4 is 5.73 Å². The number of anilines is 1. The molecule has 2 aromatic rings. The Bertz CT molecular complexity index is 626. The predicted octanol–water partition coefficient (Wildman–Crippen LogP) is 2.13. The van der Waals surface area contributed by atoms with Crippen LogP contribution in [0.4, 0.5) is 5.82 Å². The molecule has 0 saturated carbocycles. The fraction of sp³-hybridized carbons (Fsp3) is 0.267. The summed E-state index contributed by atoms with van der Waals surface area (Å²) >= 11 is 0. The van der Waals surface area contributed by atoms with Crippen molar-refractivity contribution in [3.8, 4) is 0 Å². The van der Waals surface area contributed by atoms with Crippen LogP contribution in [0.5, 0.6) is 0 Å². The van der Waals surface area contributed by atoms with E-state index in [1.807, 2.05) is 25.1 Å². The van der Waals surface area contributed by atoms with Crippen molar-refractivity contribution in [3.63, 3.8) is 0 Å². The molecular weight excluding hydrogens is 254 g/mol. The number of ether oxygens (including phenoxy) is 1. The molecule has 2 N–H and O–H groups in total. The summed E-state index contributed by atoms with van der Waals surface area (Å²) in [6, 6.07) is 8.09. The first kappa shape index (κ1) is 14.0. The summed E-state index contributed by atoms with van der Waals surface area (Å²) in [7, 11) is 0. The van der Waals surface area contributed by atoms with Gasteiger partial charge >= 0.3 is 5.97 Å². The van der Waals surface area contributed by atoms with Gasteiger partial charge in [-0.3, -0.25) is 0 Å². The van der Waals surface area contributed by atoms with Gasteiger partial charge in [0.2, 0.25) is 0 Å². The zero-order valence-electron chi connectivity index (χ0n) is 11.6. The van der Waals surface area contributed by atoms with E-state index in [0.717, 1.165) is 5.56 Å². The third-order valence-corrected chi connectivity index (χ3v) is 2.81. The summed E-state index contributed by atoms with van der Waals surface area (Å²) in [5.41, 5.74) is 8.28. The first-order valence-corrected chi connectivity index (χ1v) is 6.44. The lowest BCUT2D eigenvalue weighted by atomic mass is 10.1. The van der Waals surface area contributed by atoms with Crippen molar-refractivity contribution in [1.29, 1.82) is 0 Å². The number of hydrogen-bond acceptors (Lipinski definition) is 5. The Kier molecular flexibility index (Phi) is 4.30. The van der Waals surface area contributed by atoms with Gasteiger partial charge in [0, 0.05) is 12.6 Å². The molecule has 0 unspecified atom stereocenters. The molecule has 5 heteroatoms. The van der Waals surface area contributed by atoms with Gasteiger partial charge < -0.3 is 10.5 Å². The van der Waals surface area contributed by atoms with Crippen LogP contribution >= 0.6 is 0 Å². The molecule has 0 spiro atoms. The smallest absolute Gasteiger partial charge is 0.343 e. The van der Waals surface area contributed by atoms with Crippen molar-refractivity contribution in [1.82, 2.24) is 9.97 Å². The third kappa shape index (κ3) is 3.32. The van der Waals surface area contributed by atoms with Crippen molar-refractivity contribution >= 4 is 11.8 Å². The minimum Gasteiger partial charge on any atom is -0.462 e. The third-order valence-electron chi connectivity index (χ3n) is 2.81. The molecular formula is C15H17N3O2. The van der Waals surface area contributed by atoms with Crippen LogP contribution in [-0.4, -0.2) is 22.5 Å². The van der Waals surface area contributed by atoms with Gasteiger partial charge in [-0.15, -0.1) is 0 Å². The molecule has 0 atom stereocenters. The Morgan fingerprint density at radius 3 is 2.85 bits per heavy atom. The fourth-order valence-electron chi connectivity index (χ4n) is 1.89. The van der Waals surface area contributed by atoms with Gasteiger partial charge in [0.1, 0.15) is 17.2 Å². The molecule has 0 aliphatic heterocycles. The molecule has 0 fully saturated rings. The molecule has 1 heterocycles. The number of carbonyl (C=O) groups excluding carboxylic acids is 1. The Labute approximate surface area is 117 Å². The Morgan fingerprint density at radius 2 is 2.20 bits per heavy atom.